The van der Waals surface area contributed by atoms with Gasteiger partial charge in [0.25, 0.3) is 5.56 Å². The van der Waals surface area contributed by atoms with Gasteiger partial charge < -0.3 is 9.47 Å². The summed E-state index contributed by atoms with van der Waals surface area (Å²) in [7, 11) is 0. The van der Waals surface area contributed by atoms with Crippen molar-refractivity contribution in [3.8, 4) is 5.75 Å². The van der Waals surface area contributed by atoms with Crippen LogP contribution in [0.2, 0.25) is 5.02 Å². The molecule has 198 valence electrons. The number of aromatic nitrogens is 1. The molecule has 3 aromatic carbocycles. The Labute approximate surface area is 232 Å². The highest BCUT2D eigenvalue weighted by Gasteiger charge is 2.35. The number of thiazole rings is 1. The predicted octanol–water partition coefficient (Wildman–Crippen LogP) is 5.13. The minimum atomic E-state index is -0.885. The van der Waals surface area contributed by atoms with Crippen LogP contribution >= 0.6 is 22.9 Å². The Morgan fingerprint density at radius 2 is 1.82 bits per heavy atom. The summed E-state index contributed by atoms with van der Waals surface area (Å²) in [4.78, 5) is 32.6. The molecular formula is C30H24ClFN2O4S. The Kier molecular flexibility index (Phi) is 7.77. The number of nitrogens with zero attached hydrogens (tertiary/aromatic N) is 2. The van der Waals surface area contributed by atoms with Crippen molar-refractivity contribution in [2.75, 3.05) is 13.2 Å². The van der Waals surface area contributed by atoms with E-state index in [1.807, 2.05) is 37.3 Å². The van der Waals surface area contributed by atoms with Gasteiger partial charge in [-0.1, -0.05) is 65.4 Å². The van der Waals surface area contributed by atoms with Crippen molar-refractivity contribution in [1.82, 2.24) is 4.57 Å². The van der Waals surface area contributed by atoms with Crippen LogP contribution in [0.5, 0.6) is 5.75 Å². The van der Waals surface area contributed by atoms with Gasteiger partial charge in [-0.25, -0.2) is 14.2 Å². The van der Waals surface area contributed by atoms with Crippen molar-refractivity contribution in [2.45, 2.75) is 19.9 Å². The Balaban J connectivity index is 1.82. The maximum atomic E-state index is 14.0. The van der Waals surface area contributed by atoms with Gasteiger partial charge in [0, 0.05) is 16.1 Å². The molecule has 0 amide bonds. The second-order valence-corrected chi connectivity index (χ2v) is 10.0. The lowest BCUT2D eigenvalue weighted by Gasteiger charge is -2.25. The summed E-state index contributed by atoms with van der Waals surface area (Å²) in [5.74, 6) is -0.447. The smallest absolute Gasteiger partial charge is 0.338 e. The fourth-order valence-corrected chi connectivity index (χ4v) is 5.63. The molecule has 0 bridgehead atoms. The second kappa shape index (κ2) is 11.4. The van der Waals surface area contributed by atoms with Gasteiger partial charge in [-0.05, 0) is 55.8 Å². The Morgan fingerprint density at radius 3 is 2.51 bits per heavy atom. The summed E-state index contributed by atoms with van der Waals surface area (Å²) in [6.45, 7) is 4.16. The fraction of sp³-hybridized carbons (Fsp3) is 0.167. The van der Waals surface area contributed by atoms with Crippen molar-refractivity contribution in [1.29, 1.82) is 0 Å². The van der Waals surface area contributed by atoms with Gasteiger partial charge >= 0.3 is 5.97 Å². The first kappa shape index (κ1) is 26.6. The van der Waals surface area contributed by atoms with Gasteiger partial charge in [0.2, 0.25) is 0 Å². The lowest BCUT2D eigenvalue weighted by Crippen LogP contribution is -2.40. The number of fused-ring (bicyclic) bond motifs is 1. The van der Waals surface area contributed by atoms with Crippen molar-refractivity contribution < 1.29 is 18.7 Å². The molecule has 9 heteroatoms. The average Bonchev–Trinajstić information content (AvgIpc) is 3.25. The quantitative estimate of drug-likeness (QED) is 0.293. The average molecular weight is 563 g/mol. The lowest BCUT2D eigenvalue weighted by atomic mass is 9.93. The number of hydrogen-bond acceptors (Lipinski definition) is 6. The molecule has 0 spiro atoms. The number of ether oxygens (including phenoxy) is 2. The third-order valence-corrected chi connectivity index (χ3v) is 7.34. The topological polar surface area (TPSA) is 69.9 Å². The lowest BCUT2D eigenvalue weighted by molar-refractivity contribution is -0.138. The molecule has 0 saturated carbocycles. The van der Waals surface area contributed by atoms with Crippen LogP contribution < -0.4 is 19.6 Å². The van der Waals surface area contributed by atoms with Crippen LogP contribution in [0.15, 0.2) is 88.2 Å². The molecule has 2 heterocycles. The SMILES string of the molecule is CCOC(=O)C1=C(c2ccccc2)N=c2s/c(=C\c3cc(Cl)ccc3OCC)c(=O)n2[C@@H]1c1ccc(F)cc1. The van der Waals surface area contributed by atoms with Crippen LogP contribution in [-0.4, -0.2) is 23.8 Å². The fourth-order valence-electron chi connectivity index (χ4n) is 4.46. The van der Waals surface area contributed by atoms with Gasteiger partial charge in [0.05, 0.1) is 35.1 Å². The molecule has 0 unspecified atom stereocenters. The van der Waals surface area contributed by atoms with E-state index in [0.717, 1.165) is 0 Å². The molecule has 1 aromatic heterocycles. The molecule has 1 aliphatic rings. The second-order valence-electron chi connectivity index (χ2n) is 8.60. The number of halogens is 2. The number of benzene rings is 3. The zero-order valence-electron chi connectivity index (χ0n) is 21.2. The number of esters is 1. The molecule has 1 atom stereocenters. The first-order valence-electron chi connectivity index (χ1n) is 12.4. The van der Waals surface area contributed by atoms with Gasteiger partial charge in [-0.3, -0.25) is 9.36 Å². The van der Waals surface area contributed by atoms with E-state index >= 15 is 0 Å². The first-order chi connectivity index (χ1) is 18.9. The van der Waals surface area contributed by atoms with Gasteiger partial charge in [-0.15, -0.1) is 0 Å². The molecule has 0 fully saturated rings. The van der Waals surface area contributed by atoms with Gasteiger partial charge in [0.1, 0.15) is 11.6 Å². The Bertz CT molecular complexity index is 1740. The zero-order chi connectivity index (χ0) is 27.5. The summed E-state index contributed by atoms with van der Waals surface area (Å²) >= 11 is 7.43. The van der Waals surface area contributed by atoms with E-state index in [-0.39, 0.29) is 17.7 Å². The molecule has 1 aliphatic heterocycles. The Morgan fingerprint density at radius 1 is 1.08 bits per heavy atom. The molecule has 0 radical (unpaired) electrons. The summed E-state index contributed by atoms with van der Waals surface area (Å²) in [6.07, 6.45) is 1.71. The standard InChI is InChI=1S/C30H24ClFN2O4S/c1-3-37-23-15-12-21(31)16-20(23)17-24-28(35)34-27(19-10-13-22(32)14-11-19)25(29(36)38-4-2)26(33-30(34)39-24)18-8-6-5-7-9-18/h5-17,27H,3-4H2,1-2H3/b24-17-/t27-/m1/s1. The highest BCUT2D eigenvalue weighted by atomic mass is 35.5. The highest BCUT2D eigenvalue weighted by Crippen LogP contribution is 2.35. The van der Waals surface area contributed by atoms with Crippen LogP contribution in [-0.2, 0) is 9.53 Å². The summed E-state index contributed by atoms with van der Waals surface area (Å²) in [5, 5.41) is 0.498. The number of carbonyl (C=O) groups is 1. The largest absolute Gasteiger partial charge is 0.493 e. The number of carbonyl (C=O) groups excluding carboxylic acids is 1. The van der Waals surface area contributed by atoms with Crippen LogP contribution in [0.3, 0.4) is 0 Å². The van der Waals surface area contributed by atoms with E-state index in [2.05, 4.69) is 0 Å². The third kappa shape index (κ3) is 5.30. The maximum Gasteiger partial charge on any atom is 0.338 e. The molecule has 0 saturated heterocycles. The van der Waals surface area contributed by atoms with E-state index in [4.69, 9.17) is 26.1 Å². The van der Waals surface area contributed by atoms with E-state index in [0.29, 0.717) is 49.1 Å². The number of hydrogen-bond donors (Lipinski definition) is 0. The molecular weight excluding hydrogens is 539 g/mol. The van der Waals surface area contributed by atoms with Crippen LogP contribution in [0.25, 0.3) is 11.8 Å². The van der Waals surface area contributed by atoms with Crippen LogP contribution in [0.4, 0.5) is 4.39 Å². The molecule has 4 aromatic rings. The third-order valence-electron chi connectivity index (χ3n) is 6.12. The van der Waals surface area contributed by atoms with Crippen LogP contribution in [0, 0.1) is 5.82 Å². The van der Waals surface area contributed by atoms with Crippen molar-refractivity contribution >= 4 is 40.7 Å². The van der Waals surface area contributed by atoms with Gasteiger partial charge in [-0.2, -0.15) is 0 Å². The summed E-state index contributed by atoms with van der Waals surface area (Å²) < 4.78 is 26.9. The van der Waals surface area contributed by atoms with E-state index in [1.54, 1.807) is 43.3 Å². The minimum absolute atomic E-state index is 0.139. The number of rotatable bonds is 7. The molecule has 39 heavy (non-hydrogen) atoms. The highest BCUT2D eigenvalue weighted by molar-refractivity contribution is 7.07. The monoisotopic (exact) mass is 562 g/mol. The molecule has 5 rings (SSSR count). The predicted molar refractivity (Wildman–Crippen MR) is 150 cm³/mol. The maximum absolute atomic E-state index is 14.0. The van der Waals surface area contributed by atoms with E-state index < -0.39 is 17.8 Å². The minimum Gasteiger partial charge on any atom is -0.493 e. The van der Waals surface area contributed by atoms with E-state index in [9.17, 15) is 14.0 Å². The summed E-state index contributed by atoms with van der Waals surface area (Å²) in [6, 6.07) is 19.3. The molecule has 0 N–H and O–H groups in total. The van der Waals surface area contributed by atoms with Crippen LogP contribution in [0.1, 0.15) is 36.6 Å². The van der Waals surface area contributed by atoms with Crippen molar-refractivity contribution in [3.05, 3.63) is 126 Å². The van der Waals surface area contributed by atoms with Crippen molar-refractivity contribution in [2.24, 2.45) is 4.99 Å². The summed E-state index contributed by atoms with van der Waals surface area (Å²) in [5.41, 5.74) is 2.12. The van der Waals surface area contributed by atoms with Crippen molar-refractivity contribution in [3.63, 3.8) is 0 Å². The zero-order valence-corrected chi connectivity index (χ0v) is 22.8. The van der Waals surface area contributed by atoms with Gasteiger partial charge in [0.15, 0.2) is 4.80 Å². The first-order valence-corrected chi connectivity index (χ1v) is 13.6. The van der Waals surface area contributed by atoms with E-state index in [1.165, 1.54) is 28.0 Å². The normalized spacial score (nSPS) is 15.1. The molecule has 6 nitrogen and oxygen atoms in total. The Hall–Kier alpha value is -4.01. The molecule has 0 aliphatic carbocycles.